The molecule has 0 aliphatic rings. The molecule has 0 spiro atoms. The molecule has 2 heterocycles. The van der Waals surface area contributed by atoms with E-state index in [-0.39, 0.29) is 5.82 Å². The first-order chi connectivity index (χ1) is 9.43. The Hall–Kier alpha value is -2.64. The van der Waals surface area contributed by atoms with Crippen LogP contribution in [0.4, 0.5) is 5.82 Å². The lowest BCUT2D eigenvalue weighted by Gasteiger charge is -2.09. The van der Waals surface area contributed by atoms with Gasteiger partial charge in [-0.1, -0.05) is 0 Å². The Labute approximate surface area is 114 Å². The minimum atomic E-state index is -0.503. The van der Waals surface area contributed by atoms with Gasteiger partial charge >= 0.3 is 5.69 Å². The van der Waals surface area contributed by atoms with Crippen molar-refractivity contribution >= 4 is 11.7 Å². The Balaban J connectivity index is 2.33. The maximum atomic E-state index is 12.0. The van der Waals surface area contributed by atoms with E-state index in [0.717, 1.165) is 4.57 Å². The van der Waals surface area contributed by atoms with Gasteiger partial charge in [0.25, 0.3) is 11.5 Å². The molecule has 8 nitrogen and oxygen atoms in total. The van der Waals surface area contributed by atoms with Crippen molar-refractivity contribution in [3.05, 3.63) is 44.9 Å². The molecular weight excluding hydrogens is 262 g/mol. The highest BCUT2D eigenvalue weighted by molar-refractivity contribution is 6.03. The summed E-state index contributed by atoms with van der Waals surface area (Å²) in [5.41, 5.74) is -0.621. The fourth-order valence-corrected chi connectivity index (χ4v) is 1.70. The number of anilines is 1. The second-order valence-corrected chi connectivity index (χ2v) is 4.31. The van der Waals surface area contributed by atoms with Gasteiger partial charge in [-0.25, -0.2) is 4.79 Å². The molecule has 20 heavy (non-hydrogen) atoms. The van der Waals surface area contributed by atoms with E-state index in [9.17, 15) is 14.4 Å². The molecule has 0 saturated carbocycles. The number of carbonyl (C=O) groups is 1. The Morgan fingerprint density at radius 1 is 1.30 bits per heavy atom. The number of aromatic nitrogens is 4. The van der Waals surface area contributed by atoms with Gasteiger partial charge in [-0.05, 0) is 6.92 Å². The van der Waals surface area contributed by atoms with Crippen LogP contribution in [0, 0.1) is 0 Å². The maximum Gasteiger partial charge on any atom is 0.332 e. The van der Waals surface area contributed by atoms with Crippen LogP contribution in [0.1, 0.15) is 17.3 Å². The first kappa shape index (κ1) is 13.8. The molecule has 1 N–H and O–H groups in total. The summed E-state index contributed by atoms with van der Waals surface area (Å²) >= 11 is 0. The van der Waals surface area contributed by atoms with Crippen LogP contribution in [0.15, 0.2) is 28.0 Å². The van der Waals surface area contributed by atoms with Gasteiger partial charge in [0.05, 0.1) is 11.8 Å². The molecule has 0 saturated heterocycles. The van der Waals surface area contributed by atoms with Gasteiger partial charge in [-0.15, -0.1) is 0 Å². The normalized spacial score (nSPS) is 10.6. The third-order valence-corrected chi connectivity index (χ3v) is 2.99. The number of hydrogen-bond acceptors (Lipinski definition) is 4. The highest BCUT2D eigenvalue weighted by Crippen LogP contribution is 2.04. The zero-order chi connectivity index (χ0) is 14.9. The second-order valence-electron chi connectivity index (χ2n) is 4.31. The molecule has 0 fully saturated rings. The number of rotatable bonds is 3. The Bertz CT molecular complexity index is 768. The number of nitrogens with one attached hydrogen (secondary N) is 1. The SMILES string of the molecule is CCn1cc(C(=O)Nc2cc(=O)n(C)c(=O)n2C)cn1. The second kappa shape index (κ2) is 5.16. The summed E-state index contributed by atoms with van der Waals surface area (Å²) in [7, 11) is 2.86. The summed E-state index contributed by atoms with van der Waals surface area (Å²) in [6.45, 7) is 2.55. The number of carbonyl (C=O) groups excluding carboxylic acids is 1. The van der Waals surface area contributed by atoms with E-state index in [1.165, 1.54) is 30.9 Å². The van der Waals surface area contributed by atoms with Crippen molar-refractivity contribution in [2.24, 2.45) is 14.1 Å². The van der Waals surface area contributed by atoms with Gasteiger partial charge in [0.2, 0.25) is 0 Å². The fourth-order valence-electron chi connectivity index (χ4n) is 1.70. The van der Waals surface area contributed by atoms with E-state index in [1.54, 1.807) is 10.9 Å². The summed E-state index contributed by atoms with van der Waals surface area (Å²) in [6.07, 6.45) is 3.02. The molecule has 1 amide bonds. The van der Waals surface area contributed by atoms with Gasteiger partial charge in [-0.3, -0.25) is 23.4 Å². The van der Waals surface area contributed by atoms with Crippen LogP contribution in [0.25, 0.3) is 0 Å². The third kappa shape index (κ3) is 2.40. The summed E-state index contributed by atoms with van der Waals surface area (Å²) in [5, 5.41) is 6.52. The lowest BCUT2D eigenvalue weighted by molar-refractivity contribution is 0.102. The average molecular weight is 277 g/mol. The Morgan fingerprint density at radius 2 is 2.00 bits per heavy atom. The van der Waals surface area contributed by atoms with Crippen molar-refractivity contribution in [2.75, 3.05) is 5.32 Å². The molecule has 0 radical (unpaired) electrons. The largest absolute Gasteiger partial charge is 0.332 e. The predicted octanol–water partition coefficient (Wildman–Crippen LogP) is -0.447. The predicted molar refractivity (Wildman–Crippen MR) is 72.8 cm³/mol. The van der Waals surface area contributed by atoms with E-state index >= 15 is 0 Å². The average Bonchev–Trinajstić information content (AvgIpc) is 2.91. The van der Waals surface area contributed by atoms with E-state index in [4.69, 9.17) is 0 Å². The van der Waals surface area contributed by atoms with Gasteiger partial charge in [-0.2, -0.15) is 5.10 Å². The monoisotopic (exact) mass is 277 g/mol. The van der Waals surface area contributed by atoms with Crippen molar-refractivity contribution in [2.45, 2.75) is 13.5 Å². The smallest absolute Gasteiger partial charge is 0.308 e. The van der Waals surface area contributed by atoms with Crippen LogP contribution >= 0.6 is 0 Å². The van der Waals surface area contributed by atoms with Crippen molar-refractivity contribution in [3.63, 3.8) is 0 Å². The quantitative estimate of drug-likeness (QED) is 0.823. The van der Waals surface area contributed by atoms with Crippen molar-refractivity contribution in [1.29, 1.82) is 0 Å². The van der Waals surface area contributed by atoms with E-state index in [1.807, 2.05) is 6.92 Å². The molecule has 0 atom stereocenters. The van der Waals surface area contributed by atoms with Gasteiger partial charge in [0, 0.05) is 32.9 Å². The summed E-state index contributed by atoms with van der Waals surface area (Å²) in [4.78, 5) is 35.3. The molecule has 0 aromatic carbocycles. The topological polar surface area (TPSA) is 90.9 Å². The minimum absolute atomic E-state index is 0.146. The zero-order valence-corrected chi connectivity index (χ0v) is 11.5. The highest BCUT2D eigenvalue weighted by atomic mass is 16.2. The van der Waals surface area contributed by atoms with Gasteiger partial charge in [0.1, 0.15) is 5.82 Å². The molecule has 106 valence electrons. The highest BCUT2D eigenvalue weighted by Gasteiger charge is 2.12. The summed E-state index contributed by atoms with van der Waals surface area (Å²) in [6, 6.07) is 1.20. The molecule has 0 unspecified atom stereocenters. The molecule has 8 heteroatoms. The van der Waals surface area contributed by atoms with Crippen LogP contribution < -0.4 is 16.6 Å². The lowest BCUT2D eigenvalue weighted by atomic mass is 10.3. The van der Waals surface area contributed by atoms with Crippen LogP contribution in [-0.4, -0.2) is 24.8 Å². The van der Waals surface area contributed by atoms with E-state index in [0.29, 0.717) is 12.1 Å². The number of hydrogen-bond donors (Lipinski definition) is 1. The molecule has 2 rings (SSSR count). The van der Waals surface area contributed by atoms with E-state index in [2.05, 4.69) is 10.4 Å². The molecular formula is C12H15N5O3. The van der Waals surface area contributed by atoms with Gasteiger partial charge < -0.3 is 5.32 Å². The van der Waals surface area contributed by atoms with Crippen molar-refractivity contribution < 1.29 is 4.79 Å². The first-order valence-electron chi connectivity index (χ1n) is 6.05. The Kier molecular flexibility index (Phi) is 3.55. The number of amides is 1. The van der Waals surface area contributed by atoms with E-state index < -0.39 is 17.2 Å². The van der Waals surface area contributed by atoms with Crippen molar-refractivity contribution in [1.82, 2.24) is 18.9 Å². The fraction of sp³-hybridized carbons (Fsp3) is 0.333. The maximum absolute atomic E-state index is 12.0. The third-order valence-electron chi connectivity index (χ3n) is 2.99. The number of nitrogens with zero attached hydrogens (tertiary/aromatic N) is 4. The zero-order valence-electron chi connectivity index (χ0n) is 11.5. The van der Waals surface area contributed by atoms with Crippen LogP contribution in [0.5, 0.6) is 0 Å². The summed E-state index contributed by atoms with van der Waals surface area (Å²) in [5.74, 6) is -0.277. The molecule has 2 aromatic rings. The molecule has 0 bridgehead atoms. The molecule has 0 aliphatic carbocycles. The standard InChI is InChI=1S/C12H15N5O3/c1-4-17-7-8(6-13-17)11(19)14-9-5-10(18)16(3)12(20)15(9)2/h5-7H,4H2,1-3H3,(H,14,19). The minimum Gasteiger partial charge on any atom is -0.308 e. The first-order valence-corrected chi connectivity index (χ1v) is 6.05. The van der Waals surface area contributed by atoms with Crippen LogP contribution in [-0.2, 0) is 20.6 Å². The molecule has 0 aliphatic heterocycles. The summed E-state index contributed by atoms with van der Waals surface area (Å²) < 4.78 is 3.77. The lowest BCUT2D eigenvalue weighted by Crippen LogP contribution is -2.38. The van der Waals surface area contributed by atoms with Gasteiger partial charge in [0.15, 0.2) is 0 Å². The number of aryl methyl sites for hydroxylation is 1. The van der Waals surface area contributed by atoms with Crippen LogP contribution in [0.3, 0.4) is 0 Å². The van der Waals surface area contributed by atoms with Crippen LogP contribution in [0.2, 0.25) is 0 Å². The Morgan fingerprint density at radius 3 is 2.60 bits per heavy atom. The van der Waals surface area contributed by atoms with Crippen molar-refractivity contribution in [3.8, 4) is 0 Å². The molecule has 2 aromatic heterocycles.